The van der Waals surface area contributed by atoms with Crippen LogP contribution >= 0.6 is 0 Å². The van der Waals surface area contributed by atoms with Crippen molar-refractivity contribution < 1.29 is 18.3 Å². The summed E-state index contributed by atoms with van der Waals surface area (Å²) >= 11 is 0. The van der Waals surface area contributed by atoms with E-state index in [-0.39, 0.29) is 35.6 Å². The summed E-state index contributed by atoms with van der Waals surface area (Å²) in [6.45, 7) is 0. The number of benzene rings is 2. The number of aromatic nitrogens is 6. The quantitative estimate of drug-likeness (QED) is 0.431. The first-order valence-electron chi connectivity index (χ1n) is 10.6. The lowest BCUT2D eigenvalue weighted by atomic mass is 9.85. The summed E-state index contributed by atoms with van der Waals surface area (Å²) in [5.74, 6) is -1.96. The fourth-order valence-electron chi connectivity index (χ4n) is 4.78. The van der Waals surface area contributed by atoms with E-state index in [1.165, 1.54) is 44.4 Å². The van der Waals surface area contributed by atoms with Crippen molar-refractivity contribution in [3.8, 4) is 5.95 Å². The van der Waals surface area contributed by atoms with Gasteiger partial charge in [-0.3, -0.25) is 13.7 Å². The molecular formula is C23H17F3N6O2. The highest BCUT2D eigenvalue weighted by Crippen LogP contribution is 2.40. The van der Waals surface area contributed by atoms with E-state index in [4.69, 9.17) is 0 Å². The molecule has 172 valence electrons. The monoisotopic (exact) mass is 466 g/mol. The van der Waals surface area contributed by atoms with Crippen molar-refractivity contribution in [2.75, 3.05) is 0 Å². The fraction of sp³-hybridized carbons (Fsp3) is 0.217. The summed E-state index contributed by atoms with van der Waals surface area (Å²) in [4.78, 5) is 26.4. The van der Waals surface area contributed by atoms with E-state index < -0.39 is 35.3 Å². The topological polar surface area (TPSA) is 90.8 Å². The van der Waals surface area contributed by atoms with Gasteiger partial charge in [0.2, 0.25) is 5.95 Å². The van der Waals surface area contributed by atoms with Gasteiger partial charge in [-0.25, -0.2) is 27.9 Å². The first-order chi connectivity index (χ1) is 16.3. The van der Waals surface area contributed by atoms with Gasteiger partial charge < -0.3 is 5.11 Å². The number of aliphatic hydroxyl groups is 1. The molecule has 3 aromatic heterocycles. The Hall–Kier alpha value is -3.99. The number of hydrogen-bond acceptors (Lipinski definition) is 5. The van der Waals surface area contributed by atoms with Gasteiger partial charge in [-0.15, -0.1) is 0 Å². The number of fused-ring (bicyclic) bond motifs is 3. The highest BCUT2D eigenvalue weighted by atomic mass is 19.1. The first kappa shape index (κ1) is 20.6. The minimum absolute atomic E-state index is 0.0214. The molecule has 0 fully saturated rings. The lowest BCUT2D eigenvalue weighted by Gasteiger charge is -2.30. The third-order valence-electron chi connectivity index (χ3n) is 6.39. The Morgan fingerprint density at radius 2 is 1.85 bits per heavy atom. The molecular weight excluding hydrogens is 449 g/mol. The van der Waals surface area contributed by atoms with E-state index in [1.807, 2.05) is 0 Å². The highest BCUT2D eigenvalue weighted by Gasteiger charge is 2.33. The van der Waals surface area contributed by atoms with Crippen LogP contribution in [0.25, 0.3) is 28.1 Å². The Labute approximate surface area is 189 Å². The summed E-state index contributed by atoms with van der Waals surface area (Å²) in [5, 5.41) is 10.4. The minimum atomic E-state index is -1.10. The van der Waals surface area contributed by atoms with Gasteiger partial charge >= 0.3 is 5.69 Å². The second-order valence-corrected chi connectivity index (χ2v) is 8.34. The lowest BCUT2D eigenvalue weighted by Crippen LogP contribution is -2.30. The summed E-state index contributed by atoms with van der Waals surface area (Å²) in [6, 6.07) is 5.25. The molecule has 1 N–H and O–H groups in total. The maximum absolute atomic E-state index is 14.6. The molecule has 6 rings (SSSR count). The van der Waals surface area contributed by atoms with Gasteiger partial charge in [-0.2, -0.15) is 4.98 Å². The van der Waals surface area contributed by atoms with Crippen molar-refractivity contribution in [3.63, 3.8) is 0 Å². The van der Waals surface area contributed by atoms with E-state index in [0.717, 1.165) is 12.1 Å². The molecule has 1 aliphatic carbocycles. The van der Waals surface area contributed by atoms with Gasteiger partial charge in [-0.1, -0.05) is 0 Å². The van der Waals surface area contributed by atoms with Gasteiger partial charge in [0, 0.05) is 24.7 Å². The second kappa shape index (κ2) is 7.26. The van der Waals surface area contributed by atoms with Crippen molar-refractivity contribution in [1.29, 1.82) is 0 Å². The zero-order valence-corrected chi connectivity index (χ0v) is 17.8. The molecule has 0 saturated carbocycles. The van der Waals surface area contributed by atoms with Crippen LogP contribution in [0.2, 0.25) is 0 Å². The SMILES string of the molecule is Cn1c(=O)n([C@@H]2CC[C@@H](O)c3c(F)cc(F)cc32)c2nc(-n3cnc4ccc(F)cc43)ncc21. The largest absolute Gasteiger partial charge is 0.388 e. The highest BCUT2D eigenvalue weighted by molar-refractivity contribution is 5.77. The molecule has 11 heteroatoms. The zero-order valence-electron chi connectivity index (χ0n) is 17.8. The van der Waals surface area contributed by atoms with Crippen LogP contribution in [0.5, 0.6) is 0 Å². The third kappa shape index (κ3) is 2.90. The molecule has 8 nitrogen and oxygen atoms in total. The van der Waals surface area contributed by atoms with E-state index >= 15 is 0 Å². The van der Waals surface area contributed by atoms with Crippen LogP contribution in [-0.4, -0.2) is 33.8 Å². The van der Waals surface area contributed by atoms with Crippen LogP contribution in [0.15, 0.2) is 47.7 Å². The van der Waals surface area contributed by atoms with Crippen molar-refractivity contribution in [2.24, 2.45) is 7.05 Å². The maximum atomic E-state index is 14.6. The molecule has 0 unspecified atom stereocenters. The number of hydrogen-bond donors (Lipinski definition) is 1. The summed E-state index contributed by atoms with van der Waals surface area (Å²) < 4.78 is 46.8. The Bertz CT molecular complexity index is 1670. The van der Waals surface area contributed by atoms with Gasteiger partial charge in [0.05, 0.1) is 29.4 Å². The van der Waals surface area contributed by atoms with Crippen molar-refractivity contribution >= 4 is 22.2 Å². The average Bonchev–Trinajstić information content (AvgIpc) is 3.32. The molecule has 0 radical (unpaired) electrons. The van der Waals surface area contributed by atoms with E-state index in [1.54, 1.807) is 7.05 Å². The van der Waals surface area contributed by atoms with Gasteiger partial charge in [0.1, 0.15) is 29.3 Å². The van der Waals surface area contributed by atoms with Crippen LogP contribution in [0.4, 0.5) is 13.2 Å². The number of nitrogens with zero attached hydrogens (tertiary/aromatic N) is 6. The molecule has 3 heterocycles. The fourth-order valence-corrected chi connectivity index (χ4v) is 4.78. The first-order valence-corrected chi connectivity index (χ1v) is 10.6. The van der Waals surface area contributed by atoms with Crippen molar-refractivity contribution in [2.45, 2.75) is 25.0 Å². The number of aryl methyl sites for hydroxylation is 1. The summed E-state index contributed by atoms with van der Waals surface area (Å²) in [6.07, 6.45) is 2.27. The Morgan fingerprint density at radius 3 is 2.68 bits per heavy atom. The minimum Gasteiger partial charge on any atom is -0.388 e. The van der Waals surface area contributed by atoms with E-state index in [0.29, 0.717) is 16.6 Å². The van der Waals surface area contributed by atoms with Crippen LogP contribution in [-0.2, 0) is 7.05 Å². The van der Waals surface area contributed by atoms with Crippen molar-refractivity contribution in [1.82, 2.24) is 28.7 Å². The van der Waals surface area contributed by atoms with Crippen molar-refractivity contribution in [3.05, 3.63) is 81.9 Å². The Balaban J connectivity index is 1.60. The van der Waals surface area contributed by atoms with E-state index in [9.17, 15) is 23.1 Å². The lowest BCUT2D eigenvalue weighted by molar-refractivity contribution is 0.142. The standard InChI is InChI=1S/C23H17F3N6O2/c1-30-18-9-27-22(31-10-28-15-3-2-11(24)8-17(15)31)29-21(18)32(23(30)34)16-4-5-19(33)20-13(16)6-12(25)7-14(20)26/h2-3,6-10,16,19,33H,4-5H2,1H3/t16-,19-/m1/s1. The smallest absolute Gasteiger partial charge is 0.330 e. The zero-order chi connectivity index (χ0) is 23.7. The van der Waals surface area contributed by atoms with Gasteiger partial charge in [0.25, 0.3) is 0 Å². The molecule has 5 aromatic rings. The molecule has 34 heavy (non-hydrogen) atoms. The van der Waals surface area contributed by atoms with Gasteiger partial charge in [-0.05, 0) is 36.6 Å². The molecule has 2 aromatic carbocycles. The number of imidazole rings is 2. The second-order valence-electron chi connectivity index (χ2n) is 8.34. The number of rotatable bonds is 2. The predicted molar refractivity (Wildman–Crippen MR) is 116 cm³/mol. The molecule has 0 aliphatic heterocycles. The molecule has 0 spiro atoms. The van der Waals surface area contributed by atoms with Crippen LogP contribution in [0.3, 0.4) is 0 Å². The normalized spacial score (nSPS) is 18.0. The Kier molecular flexibility index (Phi) is 4.40. The van der Waals surface area contributed by atoms with Gasteiger partial charge in [0.15, 0.2) is 5.65 Å². The molecule has 1 aliphatic rings. The summed E-state index contributed by atoms with van der Waals surface area (Å²) in [5.41, 5.74) is 1.37. The molecule has 2 atom stereocenters. The average molecular weight is 466 g/mol. The molecule has 0 saturated heterocycles. The van der Waals surface area contributed by atoms with Crippen LogP contribution < -0.4 is 5.69 Å². The number of halogens is 3. The number of aliphatic hydroxyl groups excluding tert-OH is 1. The molecule has 0 amide bonds. The predicted octanol–water partition coefficient (Wildman–Crippen LogP) is 3.30. The maximum Gasteiger partial charge on any atom is 0.330 e. The summed E-state index contributed by atoms with van der Waals surface area (Å²) in [7, 11) is 1.55. The van der Waals surface area contributed by atoms with Crippen LogP contribution in [0.1, 0.15) is 36.1 Å². The third-order valence-corrected chi connectivity index (χ3v) is 6.39. The van der Waals surface area contributed by atoms with Crippen LogP contribution in [0, 0.1) is 17.5 Å². The van der Waals surface area contributed by atoms with E-state index in [2.05, 4.69) is 15.0 Å². The molecule has 0 bridgehead atoms. The Morgan fingerprint density at radius 1 is 1.03 bits per heavy atom.